The first-order valence-electron chi connectivity index (χ1n) is 10.3. The molecule has 0 amide bonds. The number of ether oxygens (including phenoxy) is 2. The number of nitrogen functional groups attached to an aromatic ring is 1. The molecule has 3 aliphatic rings. The highest BCUT2D eigenvalue weighted by atomic mass is 32.7. The van der Waals surface area contributed by atoms with Crippen molar-refractivity contribution in [1.82, 2.24) is 19.5 Å². The SMILES string of the molecule is C#C[C@@H]1O[C@@H]2COP(O)(=S)O[C@H]3[C@@H](F)[C@H](n4cnc5c(N)ncnc54)O[C@@H]3COP(=O)(S)O[C@@H]1[C@@H]2F. The summed E-state index contributed by atoms with van der Waals surface area (Å²) in [5.74, 6) is 2.25. The summed E-state index contributed by atoms with van der Waals surface area (Å²) in [6.45, 7) is -9.67. The van der Waals surface area contributed by atoms with Crippen LogP contribution in [0.25, 0.3) is 11.2 Å². The second-order valence-electron chi connectivity index (χ2n) is 7.97. The first-order chi connectivity index (χ1) is 17.0. The van der Waals surface area contributed by atoms with E-state index in [4.69, 9.17) is 51.5 Å². The second kappa shape index (κ2) is 9.79. The van der Waals surface area contributed by atoms with Gasteiger partial charge in [0.05, 0.1) is 19.5 Å². The molecule has 2 unspecified atom stereocenters. The highest BCUT2D eigenvalue weighted by Crippen LogP contribution is 2.57. The van der Waals surface area contributed by atoms with Gasteiger partial charge in [-0.05, 0) is 11.8 Å². The topological polar surface area (TPSA) is 162 Å². The van der Waals surface area contributed by atoms with Crippen LogP contribution in [0.4, 0.5) is 14.6 Å². The van der Waals surface area contributed by atoms with Gasteiger partial charge in [0.1, 0.15) is 42.4 Å². The van der Waals surface area contributed by atoms with Crippen LogP contribution in [0.15, 0.2) is 12.7 Å². The Balaban J connectivity index is 1.46. The van der Waals surface area contributed by atoms with Crippen molar-refractivity contribution >= 4 is 54.6 Å². The van der Waals surface area contributed by atoms with Crippen molar-refractivity contribution in [2.45, 2.75) is 49.1 Å². The quantitative estimate of drug-likeness (QED) is 0.251. The Morgan fingerprint density at radius 3 is 2.67 bits per heavy atom. The summed E-state index contributed by atoms with van der Waals surface area (Å²) in [6, 6.07) is 0. The molecule has 3 N–H and O–H groups in total. The molecule has 3 saturated heterocycles. The zero-order chi connectivity index (χ0) is 25.8. The largest absolute Gasteiger partial charge is 0.386 e. The van der Waals surface area contributed by atoms with Gasteiger partial charge in [-0.3, -0.25) is 18.1 Å². The number of thiol groups is 1. The van der Waals surface area contributed by atoms with Crippen LogP contribution in [-0.2, 0) is 43.9 Å². The molecular weight excluding hydrogens is 566 g/mol. The number of aromatic nitrogens is 4. The van der Waals surface area contributed by atoms with Crippen molar-refractivity contribution in [2.75, 3.05) is 18.9 Å². The summed E-state index contributed by atoms with van der Waals surface area (Å²) in [7, 11) is 0. The standard InChI is InChI=1S/C17H19F2N5O8P2S2/c1-2-7-13-10(18)8(29-7)3-27-33(25,35)32-14-9(4-28-34(26,36)31-13)30-17(11(14)19)24-6-23-12-15(20)21-5-22-16(12)24/h1,5-11,13-14,17H,3-4H2,(H,25,35)(H,26,36)(H2,20,21,22)/t7-,8+,9+,10+,11+,13-,14+,17+,33?,34?/m0/s1. The molecule has 19 heteroatoms. The number of nitrogens with two attached hydrogens (primary N) is 1. The fourth-order valence-corrected chi connectivity index (χ4v) is 6.93. The fraction of sp³-hybridized carbons (Fsp3) is 0.588. The molecule has 5 heterocycles. The van der Waals surface area contributed by atoms with E-state index in [0.717, 1.165) is 0 Å². The van der Waals surface area contributed by atoms with Gasteiger partial charge in [0.2, 0.25) is 0 Å². The van der Waals surface area contributed by atoms with Crippen LogP contribution in [0.2, 0.25) is 0 Å². The van der Waals surface area contributed by atoms with E-state index in [1.165, 1.54) is 17.2 Å². The third-order valence-electron chi connectivity index (χ3n) is 5.69. The van der Waals surface area contributed by atoms with Crippen LogP contribution in [0.1, 0.15) is 6.23 Å². The summed E-state index contributed by atoms with van der Waals surface area (Å²) in [4.78, 5) is 22.6. The van der Waals surface area contributed by atoms with Crippen LogP contribution in [0.5, 0.6) is 0 Å². The van der Waals surface area contributed by atoms with Crippen molar-refractivity contribution in [2.24, 2.45) is 0 Å². The van der Waals surface area contributed by atoms with Gasteiger partial charge in [-0.25, -0.2) is 28.3 Å². The lowest BCUT2D eigenvalue weighted by atomic mass is 10.1. The number of hydrogen-bond donors (Lipinski definition) is 3. The molecule has 2 aromatic rings. The monoisotopic (exact) mass is 585 g/mol. The summed E-state index contributed by atoms with van der Waals surface area (Å²) < 4.78 is 77.0. The first kappa shape index (κ1) is 26.3. The van der Waals surface area contributed by atoms with E-state index in [-0.39, 0.29) is 17.0 Å². The fourth-order valence-electron chi connectivity index (χ4n) is 4.04. The molecule has 196 valence electrons. The number of nitrogens with zero attached hydrogens (tertiary/aromatic N) is 4. The lowest BCUT2D eigenvalue weighted by Gasteiger charge is -2.25. The van der Waals surface area contributed by atoms with Gasteiger partial charge in [-0.2, -0.15) is 0 Å². The number of rotatable bonds is 1. The number of halogens is 2. The highest BCUT2D eigenvalue weighted by Gasteiger charge is 2.53. The van der Waals surface area contributed by atoms with Crippen LogP contribution in [0, 0.1) is 12.3 Å². The van der Waals surface area contributed by atoms with Gasteiger partial charge in [0.15, 0.2) is 30.0 Å². The predicted molar refractivity (Wildman–Crippen MR) is 126 cm³/mol. The summed E-state index contributed by atoms with van der Waals surface area (Å²) in [5, 5.41) is 0. The lowest BCUT2D eigenvalue weighted by Crippen LogP contribution is -2.34. The Bertz CT molecular complexity index is 1300. The van der Waals surface area contributed by atoms with Crippen molar-refractivity contribution in [1.29, 1.82) is 0 Å². The van der Waals surface area contributed by atoms with Crippen LogP contribution in [-0.4, -0.2) is 80.5 Å². The molecule has 3 fully saturated rings. The zero-order valence-corrected chi connectivity index (χ0v) is 21.4. The summed E-state index contributed by atoms with van der Waals surface area (Å²) in [5.41, 5.74) is 6.16. The molecular formula is C17H19F2N5O8P2S2. The lowest BCUT2D eigenvalue weighted by molar-refractivity contribution is -0.0442. The molecule has 5 rings (SSSR count). The van der Waals surface area contributed by atoms with Crippen molar-refractivity contribution < 1.29 is 45.8 Å². The molecule has 2 bridgehead atoms. The number of alkyl halides is 2. The smallest absolute Gasteiger partial charge is 0.382 e. The van der Waals surface area contributed by atoms with Gasteiger partial charge in [-0.15, -0.1) is 6.42 Å². The Morgan fingerprint density at radius 2 is 1.92 bits per heavy atom. The molecule has 0 saturated carbocycles. The zero-order valence-electron chi connectivity index (χ0n) is 17.9. The molecule has 0 aliphatic carbocycles. The number of hydrogen-bond acceptors (Lipinski definition) is 12. The summed E-state index contributed by atoms with van der Waals surface area (Å²) in [6.07, 6.45) is -4.54. The highest BCUT2D eigenvalue weighted by molar-refractivity contribution is 8.44. The Morgan fingerprint density at radius 1 is 1.17 bits per heavy atom. The van der Waals surface area contributed by atoms with Crippen molar-refractivity contribution in [3.05, 3.63) is 12.7 Å². The van der Waals surface area contributed by atoms with Crippen LogP contribution < -0.4 is 5.73 Å². The van der Waals surface area contributed by atoms with E-state index < -0.39 is 75.8 Å². The Hall–Kier alpha value is -1.28. The van der Waals surface area contributed by atoms with E-state index in [9.17, 15) is 13.8 Å². The van der Waals surface area contributed by atoms with E-state index in [1.807, 2.05) is 0 Å². The van der Waals surface area contributed by atoms with E-state index in [0.29, 0.717) is 0 Å². The molecule has 13 nitrogen and oxygen atoms in total. The summed E-state index contributed by atoms with van der Waals surface area (Å²) >= 11 is 8.88. The number of terminal acetylenes is 1. The van der Waals surface area contributed by atoms with Crippen LogP contribution >= 0.6 is 25.8 Å². The van der Waals surface area contributed by atoms with Crippen molar-refractivity contribution in [3.8, 4) is 12.3 Å². The van der Waals surface area contributed by atoms with Gasteiger partial charge < -0.3 is 24.6 Å². The molecule has 0 radical (unpaired) electrons. The molecule has 3 aliphatic heterocycles. The molecule has 2 aromatic heterocycles. The molecule has 10 atom stereocenters. The maximum absolute atomic E-state index is 15.7. The maximum Gasteiger partial charge on any atom is 0.386 e. The minimum atomic E-state index is -4.27. The molecule has 0 spiro atoms. The van der Waals surface area contributed by atoms with E-state index in [1.54, 1.807) is 0 Å². The van der Waals surface area contributed by atoms with Gasteiger partial charge in [-0.1, -0.05) is 18.2 Å². The Kier molecular flexibility index (Phi) is 7.16. The number of fused-ring (bicyclic) bond motifs is 4. The number of imidazole rings is 1. The van der Waals surface area contributed by atoms with Gasteiger partial charge in [0.25, 0.3) is 0 Å². The normalized spacial score (nSPS) is 43.8. The maximum atomic E-state index is 15.7. The van der Waals surface area contributed by atoms with Crippen molar-refractivity contribution in [3.63, 3.8) is 0 Å². The van der Waals surface area contributed by atoms with Gasteiger partial charge >= 0.3 is 13.5 Å². The second-order valence-corrected chi connectivity index (χ2v) is 13.6. The molecule has 0 aromatic carbocycles. The minimum absolute atomic E-state index is 0.0648. The van der Waals surface area contributed by atoms with Gasteiger partial charge in [0, 0.05) is 0 Å². The average Bonchev–Trinajstić information content (AvgIpc) is 3.46. The Labute approximate surface area is 212 Å². The van der Waals surface area contributed by atoms with E-state index in [2.05, 4.69) is 33.1 Å². The minimum Gasteiger partial charge on any atom is -0.382 e. The molecule has 36 heavy (non-hydrogen) atoms. The average molecular weight is 585 g/mol. The number of anilines is 1. The van der Waals surface area contributed by atoms with Crippen LogP contribution in [0.3, 0.4) is 0 Å². The predicted octanol–water partition coefficient (Wildman–Crippen LogP) is 1.45. The third kappa shape index (κ3) is 4.93. The first-order valence-corrected chi connectivity index (χ1v) is 15.6. The van der Waals surface area contributed by atoms with E-state index >= 15 is 4.39 Å². The third-order valence-corrected chi connectivity index (χ3v) is 8.87.